The Labute approximate surface area is 99.5 Å². The molecule has 0 bridgehead atoms. The zero-order chi connectivity index (χ0) is 12.5. The molecular formula is C12H15NO4. The summed E-state index contributed by atoms with van der Waals surface area (Å²) in [4.78, 5) is 22.1. The molecule has 0 saturated heterocycles. The molecule has 0 heterocycles. The van der Waals surface area contributed by atoms with Crippen LogP contribution in [0, 0.1) is 0 Å². The van der Waals surface area contributed by atoms with Crippen molar-refractivity contribution < 1.29 is 19.1 Å². The maximum absolute atomic E-state index is 11.4. The van der Waals surface area contributed by atoms with Crippen LogP contribution in [-0.2, 0) is 9.53 Å². The number of rotatable bonds is 7. The Kier molecular flexibility index (Phi) is 5.92. The van der Waals surface area contributed by atoms with Crippen LogP contribution in [0.3, 0.4) is 0 Å². The van der Waals surface area contributed by atoms with Crippen molar-refractivity contribution >= 4 is 12.3 Å². The van der Waals surface area contributed by atoms with Gasteiger partial charge >= 0.3 is 5.97 Å². The molecule has 1 aromatic carbocycles. The van der Waals surface area contributed by atoms with Gasteiger partial charge in [0.15, 0.2) is 6.29 Å². The van der Waals surface area contributed by atoms with Crippen LogP contribution >= 0.6 is 0 Å². The third-order valence-corrected chi connectivity index (χ3v) is 1.98. The average Bonchev–Trinajstić information content (AvgIpc) is 2.35. The molecule has 1 aromatic rings. The molecule has 5 heteroatoms. The number of para-hydroxylation sites is 1. The highest BCUT2D eigenvalue weighted by Crippen LogP contribution is 2.16. The second-order valence-corrected chi connectivity index (χ2v) is 3.28. The molecule has 5 nitrogen and oxygen atoms in total. The molecule has 0 aliphatic heterocycles. The average molecular weight is 237 g/mol. The molecule has 0 radical (unpaired) electrons. The molecule has 17 heavy (non-hydrogen) atoms. The van der Waals surface area contributed by atoms with Gasteiger partial charge in [-0.1, -0.05) is 12.1 Å². The number of benzene rings is 1. The van der Waals surface area contributed by atoms with Gasteiger partial charge in [0, 0.05) is 6.54 Å². The van der Waals surface area contributed by atoms with Crippen molar-refractivity contribution in [1.29, 1.82) is 0 Å². The van der Waals surface area contributed by atoms with Crippen molar-refractivity contribution in [3.8, 4) is 5.75 Å². The van der Waals surface area contributed by atoms with E-state index >= 15 is 0 Å². The van der Waals surface area contributed by atoms with Crippen LogP contribution in [-0.4, -0.2) is 32.0 Å². The van der Waals surface area contributed by atoms with Crippen molar-refractivity contribution in [1.82, 2.24) is 0 Å². The highest BCUT2D eigenvalue weighted by molar-refractivity contribution is 5.82. The van der Waals surface area contributed by atoms with Crippen LogP contribution < -0.4 is 10.5 Å². The molecule has 0 aromatic heterocycles. The Hall–Kier alpha value is -1.72. The Bertz CT molecular complexity index is 379. The van der Waals surface area contributed by atoms with E-state index in [2.05, 4.69) is 0 Å². The Balaban J connectivity index is 2.42. The Morgan fingerprint density at radius 2 is 2.06 bits per heavy atom. The molecule has 0 aliphatic rings. The number of aldehydes is 1. The summed E-state index contributed by atoms with van der Waals surface area (Å²) >= 11 is 0. The molecule has 0 fully saturated rings. The zero-order valence-electron chi connectivity index (χ0n) is 9.43. The minimum atomic E-state index is -0.434. The summed E-state index contributed by atoms with van der Waals surface area (Å²) < 4.78 is 10.1. The normalized spacial score (nSPS) is 9.94. The van der Waals surface area contributed by atoms with E-state index in [1.165, 1.54) is 0 Å². The first-order valence-corrected chi connectivity index (χ1v) is 5.30. The summed E-state index contributed by atoms with van der Waals surface area (Å²) in [6, 6.07) is 6.55. The van der Waals surface area contributed by atoms with E-state index in [0.717, 1.165) is 0 Å². The van der Waals surface area contributed by atoms with Gasteiger partial charge in [-0.2, -0.15) is 0 Å². The third kappa shape index (κ3) is 4.76. The summed E-state index contributed by atoms with van der Waals surface area (Å²) in [5.74, 6) is -0.164. The van der Waals surface area contributed by atoms with Gasteiger partial charge < -0.3 is 15.2 Å². The number of hydrogen-bond donors (Lipinski definition) is 1. The topological polar surface area (TPSA) is 78.6 Å². The molecular weight excluding hydrogens is 222 g/mol. The first kappa shape index (κ1) is 13.3. The molecule has 92 valence electrons. The van der Waals surface area contributed by atoms with E-state index in [9.17, 15) is 9.59 Å². The predicted octanol–water partition coefficient (Wildman–Crippen LogP) is 0.770. The summed E-state index contributed by atoms with van der Waals surface area (Å²) in [6.07, 6.45) is 0.778. The van der Waals surface area contributed by atoms with Crippen molar-refractivity contribution in [2.24, 2.45) is 5.73 Å². The minimum absolute atomic E-state index is 0.132. The van der Waals surface area contributed by atoms with Crippen LogP contribution in [0.25, 0.3) is 0 Å². The van der Waals surface area contributed by atoms with Gasteiger partial charge in [0.1, 0.15) is 5.75 Å². The molecule has 0 saturated carbocycles. The SMILES string of the molecule is NCCOCCC(=O)Oc1ccccc1C=O. The molecule has 0 amide bonds. The second-order valence-electron chi connectivity index (χ2n) is 3.28. The van der Waals surface area contributed by atoms with E-state index in [0.29, 0.717) is 25.0 Å². The standard InChI is InChI=1S/C12H15NO4/c13-6-8-16-7-5-12(15)17-11-4-2-1-3-10(11)9-14/h1-4,9H,5-8,13H2. The molecule has 0 aliphatic carbocycles. The van der Waals surface area contributed by atoms with E-state index < -0.39 is 5.97 Å². The van der Waals surface area contributed by atoms with Gasteiger partial charge in [-0.05, 0) is 12.1 Å². The number of ether oxygens (including phenoxy) is 2. The molecule has 1 rings (SSSR count). The lowest BCUT2D eigenvalue weighted by molar-refractivity contribution is -0.135. The second kappa shape index (κ2) is 7.54. The van der Waals surface area contributed by atoms with Crippen LogP contribution in [0.2, 0.25) is 0 Å². The van der Waals surface area contributed by atoms with Crippen LogP contribution in [0.15, 0.2) is 24.3 Å². The lowest BCUT2D eigenvalue weighted by Gasteiger charge is -2.06. The number of hydrogen-bond acceptors (Lipinski definition) is 5. The molecule has 2 N–H and O–H groups in total. The fourth-order valence-electron chi connectivity index (χ4n) is 1.19. The molecule has 0 atom stereocenters. The highest BCUT2D eigenvalue weighted by atomic mass is 16.5. The summed E-state index contributed by atoms with van der Waals surface area (Å²) in [7, 11) is 0. The fraction of sp³-hybridized carbons (Fsp3) is 0.333. The smallest absolute Gasteiger partial charge is 0.313 e. The lowest BCUT2D eigenvalue weighted by Crippen LogP contribution is -2.15. The summed E-state index contributed by atoms with van der Waals surface area (Å²) in [5.41, 5.74) is 5.58. The van der Waals surface area contributed by atoms with Gasteiger partial charge in [0.25, 0.3) is 0 Å². The maximum Gasteiger partial charge on any atom is 0.313 e. The van der Waals surface area contributed by atoms with Crippen molar-refractivity contribution in [2.75, 3.05) is 19.8 Å². The first-order valence-electron chi connectivity index (χ1n) is 5.30. The van der Waals surface area contributed by atoms with E-state index in [-0.39, 0.29) is 18.8 Å². The van der Waals surface area contributed by atoms with Crippen LogP contribution in [0.1, 0.15) is 16.8 Å². The summed E-state index contributed by atoms with van der Waals surface area (Å²) in [5, 5.41) is 0. The van der Waals surface area contributed by atoms with Gasteiger partial charge in [-0.15, -0.1) is 0 Å². The van der Waals surface area contributed by atoms with Crippen molar-refractivity contribution in [3.63, 3.8) is 0 Å². The van der Waals surface area contributed by atoms with Crippen molar-refractivity contribution in [3.05, 3.63) is 29.8 Å². The van der Waals surface area contributed by atoms with Gasteiger partial charge in [0.05, 0.1) is 25.2 Å². The third-order valence-electron chi connectivity index (χ3n) is 1.98. The maximum atomic E-state index is 11.4. The predicted molar refractivity (Wildman–Crippen MR) is 62.0 cm³/mol. The number of carbonyl (C=O) groups is 2. The number of carbonyl (C=O) groups excluding carboxylic acids is 2. The van der Waals surface area contributed by atoms with Crippen molar-refractivity contribution in [2.45, 2.75) is 6.42 Å². The number of esters is 1. The largest absolute Gasteiger partial charge is 0.426 e. The fourth-order valence-corrected chi connectivity index (χ4v) is 1.19. The molecule has 0 spiro atoms. The highest BCUT2D eigenvalue weighted by Gasteiger charge is 2.08. The summed E-state index contributed by atoms with van der Waals surface area (Å²) in [6.45, 7) is 1.10. The van der Waals surface area contributed by atoms with Gasteiger partial charge in [0.2, 0.25) is 0 Å². The monoisotopic (exact) mass is 237 g/mol. The minimum Gasteiger partial charge on any atom is -0.426 e. The van der Waals surface area contributed by atoms with Crippen LogP contribution in [0.5, 0.6) is 5.75 Å². The van der Waals surface area contributed by atoms with Gasteiger partial charge in [-0.3, -0.25) is 9.59 Å². The van der Waals surface area contributed by atoms with E-state index in [1.54, 1.807) is 24.3 Å². The quantitative estimate of drug-likeness (QED) is 0.328. The van der Waals surface area contributed by atoms with Gasteiger partial charge in [-0.25, -0.2) is 0 Å². The number of nitrogens with two attached hydrogens (primary N) is 1. The van der Waals surface area contributed by atoms with Crippen LogP contribution in [0.4, 0.5) is 0 Å². The molecule has 0 unspecified atom stereocenters. The first-order chi connectivity index (χ1) is 8.27. The lowest BCUT2D eigenvalue weighted by atomic mass is 10.2. The Morgan fingerprint density at radius 1 is 1.29 bits per heavy atom. The zero-order valence-corrected chi connectivity index (χ0v) is 9.43. The Morgan fingerprint density at radius 3 is 2.76 bits per heavy atom. The van der Waals surface area contributed by atoms with E-state index in [4.69, 9.17) is 15.2 Å². The van der Waals surface area contributed by atoms with E-state index in [1.807, 2.05) is 0 Å².